The van der Waals surface area contributed by atoms with Crippen LogP contribution in [0.5, 0.6) is 0 Å². The molecule has 7 nitrogen and oxygen atoms in total. The molecule has 0 fully saturated rings. The van der Waals surface area contributed by atoms with Crippen molar-refractivity contribution in [1.82, 2.24) is 10.3 Å². The van der Waals surface area contributed by atoms with Crippen LogP contribution in [0.1, 0.15) is 45.0 Å². The summed E-state index contributed by atoms with van der Waals surface area (Å²) >= 11 is 6.27. The van der Waals surface area contributed by atoms with Gasteiger partial charge < -0.3 is 20.5 Å². The number of methoxy groups -OCH3 is 1. The number of fused-ring (bicyclic) bond motifs is 1. The van der Waals surface area contributed by atoms with E-state index in [0.29, 0.717) is 25.3 Å². The molecular weight excluding hydrogens is 523 g/mol. The number of benzene rings is 2. The quantitative estimate of drug-likeness (QED) is 0.247. The van der Waals surface area contributed by atoms with Gasteiger partial charge in [-0.2, -0.15) is 13.2 Å². The standard InChI is InChI=1S/C24H20ClF5N4O3/c1-37-5-4-31-18-10-17(32-22(35)11-6-12(24(28,29)30)8-14(27)7-11)19-20(34-23(36)21(19)33-18)15-9-13(26)2-3-16(15)25/h2-3,6-10,20,23,34,36H,4-5H2,1H3,(H2,31,32,33,35). The Morgan fingerprint density at radius 3 is 2.62 bits per heavy atom. The molecule has 1 aromatic heterocycles. The number of carbonyl (C=O) groups is 1. The second-order valence-corrected chi connectivity index (χ2v) is 8.53. The van der Waals surface area contributed by atoms with E-state index in [9.17, 15) is 31.9 Å². The van der Waals surface area contributed by atoms with Gasteiger partial charge in [0.25, 0.3) is 5.91 Å². The molecule has 2 heterocycles. The van der Waals surface area contributed by atoms with Crippen LogP contribution in [0.3, 0.4) is 0 Å². The number of aliphatic hydroxyl groups excluding tert-OH is 1. The lowest BCUT2D eigenvalue weighted by atomic mass is 9.98. The van der Waals surface area contributed by atoms with E-state index in [4.69, 9.17) is 16.3 Å². The van der Waals surface area contributed by atoms with E-state index in [0.717, 1.165) is 12.1 Å². The molecule has 0 radical (unpaired) electrons. The summed E-state index contributed by atoms with van der Waals surface area (Å²) in [5.41, 5.74) is -1.39. The molecule has 196 valence electrons. The van der Waals surface area contributed by atoms with Crippen molar-refractivity contribution < 1.29 is 36.6 Å². The molecule has 3 aromatic rings. The number of nitrogens with zero attached hydrogens (tertiary/aromatic N) is 1. The Labute approximate surface area is 212 Å². The van der Waals surface area contributed by atoms with Gasteiger partial charge in [0.05, 0.1) is 29.6 Å². The average molecular weight is 543 g/mol. The molecule has 4 N–H and O–H groups in total. The molecule has 0 aliphatic carbocycles. The summed E-state index contributed by atoms with van der Waals surface area (Å²) in [6.45, 7) is 0.601. The maximum atomic E-state index is 14.0. The van der Waals surface area contributed by atoms with Gasteiger partial charge in [0.15, 0.2) is 0 Å². The third-order valence-corrected chi connectivity index (χ3v) is 5.92. The minimum Gasteiger partial charge on any atom is -0.383 e. The highest BCUT2D eigenvalue weighted by atomic mass is 35.5. The molecule has 2 unspecified atom stereocenters. The molecule has 2 atom stereocenters. The first-order chi connectivity index (χ1) is 17.5. The summed E-state index contributed by atoms with van der Waals surface area (Å²) in [4.78, 5) is 17.3. The van der Waals surface area contributed by atoms with Gasteiger partial charge >= 0.3 is 6.18 Å². The minimum absolute atomic E-state index is 0.0297. The predicted octanol–water partition coefficient (Wildman–Crippen LogP) is 5.03. The Morgan fingerprint density at radius 2 is 1.92 bits per heavy atom. The van der Waals surface area contributed by atoms with Crippen molar-refractivity contribution in [1.29, 1.82) is 0 Å². The van der Waals surface area contributed by atoms with Crippen molar-refractivity contribution in [3.8, 4) is 0 Å². The number of ether oxygens (including phenoxy) is 1. The fraction of sp³-hybridized carbons (Fsp3) is 0.250. The van der Waals surface area contributed by atoms with Gasteiger partial charge in [-0.1, -0.05) is 11.6 Å². The van der Waals surface area contributed by atoms with E-state index in [2.05, 4.69) is 20.9 Å². The molecule has 2 aromatic carbocycles. The van der Waals surface area contributed by atoms with Crippen LogP contribution in [0.4, 0.5) is 33.5 Å². The minimum atomic E-state index is -4.87. The number of hydrogen-bond acceptors (Lipinski definition) is 6. The molecule has 1 amide bonds. The highest BCUT2D eigenvalue weighted by Gasteiger charge is 2.37. The predicted molar refractivity (Wildman–Crippen MR) is 125 cm³/mol. The van der Waals surface area contributed by atoms with Gasteiger partial charge in [0.2, 0.25) is 0 Å². The number of nitrogens with one attached hydrogen (secondary N) is 3. The Hall–Kier alpha value is -3.32. The summed E-state index contributed by atoms with van der Waals surface area (Å²) in [6, 6.07) is 5.50. The van der Waals surface area contributed by atoms with Crippen molar-refractivity contribution in [3.05, 3.63) is 87.1 Å². The molecule has 37 heavy (non-hydrogen) atoms. The van der Waals surface area contributed by atoms with Gasteiger partial charge in [-0.15, -0.1) is 0 Å². The van der Waals surface area contributed by atoms with Crippen LogP contribution in [0.2, 0.25) is 5.02 Å². The van der Waals surface area contributed by atoms with E-state index in [1.54, 1.807) is 0 Å². The lowest BCUT2D eigenvalue weighted by molar-refractivity contribution is -0.137. The first kappa shape index (κ1) is 26.7. The SMILES string of the molecule is COCCNc1cc(NC(=O)c2cc(F)cc(C(F)(F)F)c2)c2c(n1)C(O)NC2c1cc(F)ccc1Cl. The fourth-order valence-corrected chi connectivity index (χ4v) is 4.17. The molecule has 0 bridgehead atoms. The fourth-order valence-electron chi connectivity index (χ4n) is 3.94. The van der Waals surface area contributed by atoms with E-state index < -0.39 is 47.1 Å². The molecule has 13 heteroatoms. The molecule has 1 aliphatic heterocycles. The maximum Gasteiger partial charge on any atom is 0.416 e. The van der Waals surface area contributed by atoms with E-state index in [1.807, 2.05) is 0 Å². The zero-order valence-electron chi connectivity index (χ0n) is 19.1. The first-order valence-electron chi connectivity index (χ1n) is 10.8. The Bertz CT molecular complexity index is 1340. The van der Waals surface area contributed by atoms with E-state index >= 15 is 0 Å². The van der Waals surface area contributed by atoms with Crippen LogP contribution in [-0.2, 0) is 10.9 Å². The molecule has 4 rings (SSSR count). The summed E-state index contributed by atoms with van der Waals surface area (Å²) < 4.78 is 72.4. The molecule has 0 saturated carbocycles. The highest BCUT2D eigenvalue weighted by Crippen LogP contribution is 2.43. The first-order valence-corrected chi connectivity index (χ1v) is 11.2. The largest absolute Gasteiger partial charge is 0.416 e. The monoisotopic (exact) mass is 542 g/mol. The van der Waals surface area contributed by atoms with Crippen molar-refractivity contribution in [3.63, 3.8) is 0 Å². The Balaban J connectivity index is 1.79. The van der Waals surface area contributed by atoms with Crippen LogP contribution < -0.4 is 16.0 Å². The number of rotatable bonds is 7. The number of aliphatic hydroxyl groups is 1. The van der Waals surface area contributed by atoms with Crippen LogP contribution in [-0.4, -0.2) is 36.3 Å². The summed E-state index contributed by atoms with van der Waals surface area (Å²) in [5, 5.41) is 19.0. The molecule has 0 spiro atoms. The summed E-state index contributed by atoms with van der Waals surface area (Å²) in [7, 11) is 1.48. The second kappa shape index (κ2) is 10.6. The van der Waals surface area contributed by atoms with Crippen molar-refractivity contribution in [2.45, 2.75) is 18.4 Å². The summed E-state index contributed by atoms with van der Waals surface area (Å²) in [6.07, 6.45) is -6.23. The van der Waals surface area contributed by atoms with Gasteiger partial charge in [0, 0.05) is 35.9 Å². The van der Waals surface area contributed by atoms with Gasteiger partial charge in [-0.3, -0.25) is 10.1 Å². The molecule has 1 aliphatic rings. The average Bonchev–Trinajstić information content (AvgIpc) is 3.16. The van der Waals surface area contributed by atoms with Crippen molar-refractivity contribution >= 4 is 29.0 Å². The number of alkyl halides is 3. The van der Waals surface area contributed by atoms with Crippen molar-refractivity contribution in [2.75, 3.05) is 30.9 Å². The normalized spacial score (nSPS) is 17.0. The third-order valence-electron chi connectivity index (χ3n) is 5.58. The lowest BCUT2D eigenvalue weighted by Crippen LogP contribution is -2.20. The number of carbonyl (C=O) groups excluding carboxylic acids is 1. The van der Waals surface area contributed by atoms with Crippen molar-refractivity contribution in [2.24, 2.45) is 0 Å². The number of halogens is 6. The zero-order valence-corrected chi connectivity index (χ0v) is 19.8. The molecule has 0 saturated heterocycles. The van der Waals surface area contributed by atoms with Crippen LogP contribution in [0.15, 0.2) is 42.5 Å². The zero-order chi connectivity index (χ0) is 26.9. The number of amides is 1. The van der Waals surface area contributed by atoms with Gasteiger partial charge in [0.1, 0.15) is 23.7 Å². The second-order valence-electron chi connectivity index (χ2n) is 8.12. The summed E-state index contributed by atoms with van der Waals surface area (Å²) in [5.74, 6) is -2.71. The Kier molecular flexibility index (Phi) is 7.64. The van der Waals surface area contributed by atoms with E-state index in [1.165, 1.54) is 19.2 Å². The van der Waals surface area contributed by atoms with Gasteiger partial charge in [-0.05, 0) is 42.0 Å². The third kappa shape index (κ3) is 5.82. The lowest BCUT2D eigenvalue weighted by Gasteiger charge is -2.19. The number of aromatic nitrogens is 1. The number of hydrogen-bond donors (Lipinski definition) is 4. The number of anilines is 2. The Morgan fingerprint density at radius 1 is 1.16 bits per heavy atom. The van der Waals surface area contributed by atoms with Crippen LogP contribution in [0, 0.1) is 11.6 Å². The smallest absolute Gasteiger partial charge is 0.383 e. The van der Waals surface area contributed by atoms with Crippen LogP contribution in [0.25, 0.3) is 0 Å². The van der Waals surface area contributed by atoms with E-state index in [-0.39, 0.29) is 39.4 Å². The van der Waals surface area contributed by atoms with Crippen LogP contribution >= 0.6 is 11.6 Å². The maximum absolute atomic E-state index is 14.0. The molecular formula is C24H20ClF5N4O3. The number of pyridine rings is 1. The highest BCUT2D eigenvalue weighted by molar-refractivity contribution is 6.31. The van der Waals surface area contributed by atoms with Gasteiger partial charge in [-0.25, -0.2) is 13.8 Å². The topological polar surface area (TPSA) is 95.5 Å².